The minimum absolute atomic E-state index is 0.0521. The van der Waals surface area contributed by atoms with Gasteiger partial charge in [0.1, 0.15) is 6.04 Å². The Kier molecular flexibility index (Phi) is 7.98. The van der Waals surface area contributed by atoms with Gasteiger partial charge in [-0.25, -0.2) is 0 Å². The van der Waals surface area contributed by atoms with Gasteiger partial charge in [0, 0.05) is 11.6 Å². The Labute approximate surface area is 147 Å². The number of hydrogen-bond acceptors (Lipinski definition) is 2. The van der Waals surface area contributed by atoms with E-state index in [0.29, 0.717) is 23.3 Å². The smallest absolute Gasteiger partial charge is 0.246 e. The Morgan fingerprint density at radius 1 is 1.21 bits per heavy atom. The van der Waals surface area contributed by atoms with Gasteiger partial charge in [0.2, 0.25) is 11.8 Å². The summed E-state index contributed by atoms with van der Waals surface area (Å²) in [6.45, 7) is 16.1. The van der Waals surface area contributed by atoms with Crippen molar-refractivity contribution in [2.75, 3.05) is 0 Å². The maximum absolute atomic E-state index is 12.9. The molecule has 0 aromatic heterocycles. The van der Waals surface area contributed by atoms with Crippen LogP contribution in [0.4, 0.5) is 0 Å². The van der Waals surface area contributed by atoms with Crippen LogP contribution in [0.5, 0.6) is 0 Å². The van der Waals surface area contributed by atoms with Crippen LogP contribution in [0.15, 0.2) is 12.2 Å². The number of hydrogen-bond donors (Lipinski definition) is 2. The minimum atomic E-state index is -0.496. The van der Waals surface area contributed by atoms with Crippen molar-refractivity contribution in [1.82, 2.24) is 10.6 Å². The van der Waals surface area contributed by atoms with Crippen molar-refractivity contribution in [3.63, 3.8) is 0 Å². The van der Waals surface area contributed by atoms with Crippen LogP contribution in [0.2, 0.25) is 0 Å². The summed E-state index contributed by atoms with van der Waals surface area (Å²) in [6.07, 6.45) is 4.26. The molecule has 0 aromatic carbocycles. The zero-order chi connectivity index (χ0) is 18.4. The molecule has 2 N–H and O–H groups in total. The van der Waals surface area contributed by atoms with Crippen LogP contribution in [-0.2, 0) is 9.59 Å². The first-order chi connectivity index (χ1) is 11.2. The largest absolute Gasteiger partial charge is 0.351 e. The number of carbonyl (C=O) groups excluding carboxylic acids is 2. The van der Waals surface area contributed by atoms with Crippen molar-refractivity contribution in [2.24, 2.45) is 23.7 Å². The van der Waals surface area contributed by atoms with Crippen molar-refractivity contribution in [3.8, 4) is 0 Å². The van der Waals surface area contributed by atoms with Crippen LogP contribution in [0, 0.1) is 23.7 Å². The van der Waals surface area contributed by atoms with E-state index in [-0.39, 0.29) is 23.8 Å². The maximum atomic E-state index is 12.9. The lowest BCUT2D eigenvalue weighted by atomic mass is 9.74. The third-order valence-corrected chi connectivity index (χ3v) is 5.52. The van der Waals surface area contributed by atoms with E-state index in [2.05, 4.69) is 38.0 Å². The predicted molar refractivity (Wildman–Crippen MR) is 99.5 cm³/mol. The van der Waals surface area contributed by atoms with Gasteiger partial charge in [0.05, 0.1) is 0 Å². The molecule has 4 heteroatoms. The number of nitrogens with one attached hydrogen (secondary N) is 2. The molecule has 4 nitrogen and oxygen atoms in total. The number of amides is 2. The Morgan fingerprint density at radius 2 is 1.83 bits per heavy atom. The van der Waals surface area contributed by atoms with Crippen molar-refractivity contribution < 1.29 is 9.59 Å². The first-order valence-electron chi connectivity index (χ1n) is 9.44. The van der Waals surface area contributed by atoms with Crippen LogP contribution >= 0.6 is 0 Å². The Balaban J connectivity index is 2.84. The van der Waals surface area contributed by atoms with E-state index < -0.39 is 6.04 Å². The fourth-order valence-corrected chi connectivity index (χ4v) is 3.61. The summed E-state index contributed by atoms with van der Waals surface area (Å²) in [5.74, 6) is 1.50. The number of carbonyl (C=O) groups is 2. The van der Waals surface area contributed by atoms with Gasteiger partial charge in [-0.15, -0.1) is 0 Å². The van der Waals surface area contributed by atoms with E-state index in [1.165, 1.54) is 6.42 Å². The molecule has 0 bridgehead atoms. The lowest BCUT2D eigenvalue weighted by Crippen LogP contribution is -2.55. The third-order valence-electron chi connectivity index (χ3n) is 5.52. The topological polar surface area (TPSA) is 58.2 Å². The van der Waals surface area contributed by atoms with E-state index in [4.69, 9.17) is 0 Å². The van der Waals surface area contributed by atoms with Gasteiger partial charge >= 0.3 is 0 Å². The molecule has 0 saturated heterocycles. The van der Waals surface area contributed by atoms with Gasteiger partial charge in [0.15, 0.2) is 0 Å². The molecule has 1 aliphatic carbocycles. The second kappa shape index (κ2) is 9.24. The summed E-state index contributed by atoms with van der Waals surface area (Å²) >= 11 is 0. The van der Waals surface area contributed by atoms with E-state index in [1.807, 2.05) is 13.8 Å². The lowest BCUT2D eigenvalue weighted by molar-refractivity contribution is -0.130. The molecule has 2 amide bonds. The molecule has 0 heterocycles. The molecule has 0 radical (unpaired) electrons. The molecule has 1 aliphatic rings. The summed E-state index contributed by atoms with van der Waals surface area (Å²) in [5, 5.41) is 6.12. The molecule has 0 aliphatic heterocycles. The van der Waals surface area contributed by atoms with Crippen molar-refractivity contribution in [1.29, 1.82) is 0 Å². The van der Waals surface area contributed by atoms with E-state index >= 15 is 0 Å². The van der Waals surface area contributed by atoms with E-state index in [1.54, 1.807) is 6.92 Å². The molecule has 24 heavy (non-hydrogen) atoms. The molecule has 1 saturated carbocycles. The second-order valence-corrected chi connectivity index (χ2v) is 8.06. The standard InChI is InChI=1S/C20H36N2O2/c1-8-15(7)18(22-19(23)13(4)5)20(24)21-17-11-14(6)9-10-16(17)12(2)3/h12,14-18H,4,8-11H2,1-3,5-7H3,(H,21,24)(H,22,23)/t14?,15-,16?,17?,18-/m0/s1. The lowest BCUT2D eigenvalue weighted by Gasteiger charge is -2.39. The molecule has 0 spiro atoms. The van der Waals surface area contributed by atoms with E-state index in [0.717, 1.165) is 19.3 Å². The van der Waals surface area contributed by atoms with Gasteiger partial charge in [-0.1, -0.05) is 54.0 Å². The summed E-state index contributed by atoms with van der Waals surface area (Å²) in [7, 11) is 0. The van der Waals surface area contributed by atoms with Crippen molar-refractivity contribution >= 4 is 11.8 Å². The molecular formula is C20H36N2O2. The summed E-state index contributed by atoms with van der Waals surface area (Å²) < 4.78 is 0. The maximum Gasteiger partial charge on any atom is 0.246 e. The molecule has 1 rings (SSSR count). The van der Waals surface area contributed by atoms with Gasteiger partial charge in [-0.2, -0.15) is 0 Å². The Bertz CT molecular complexity index is 459. The molecule has 3 unspecified atom stereocenters. The zero-order valence-electron chi connectivity index (χ0n) is 16.3. The first kappa shape index (κ1) is 20.7. The first-order valence-corrected chi connectivity index (χ1v) is 9.44. The predicted octanol–water partition coefficient (Wildman–Crippen LogP) is 3.67. The fourth-order valence-electron chi connectivity index (χ4n) is 3.61. The summed E-state index contributed by atoms with van der Waals surface area (Å²) in [6, 6.07) is -0.293. The Hall–Kier alpha value is -1.32. The minimum Gasteiger partial charge on any atom is -0.351 e. The molecular weight excluding hydrogens is 300 g/mol. The van der Waals surface area contributed by atoms with Gasteiger partial charge in [-0.3, -0.25) is 9.59 Å². The third kappa shape index (κ3) is 5.64. The van der Waals surface area contributed by atoms with Gasteiger partial charge in [-0.05, 0) is 43.4 Å². The molecule has 5 atom stereocenters. The van der Waals surface area contributed by atoms with Gasteiger partial charge < -0.3 is 10.6 Å². The summed E-state index contributed by atoms with van der Waals surface area (Å²) in [5.41, 5.74) is 0.433. The highest BCUT2D eigenvalue weighted by atomic mass is 16.2. The summed E-state index contributed by atoms with van der Waals surface area (Å²) in [4.78, 5) is 24.9. The fraction of sp³-hybridized carbons (Fsp3) is 0.800. The monoisotopic (exact) mass is 336 g/mol. The average Bonchev–Trinajstić information content (AvgIpc) is 2.50. The highest BCUT2D eigenvalue weighted by Crippen LogP contribution is 2.33. The highest BCUT2D eigenvalue weighted by molar-refractivity contribution is 5.96. The SMILES string of the molecule is C=C(C)C(=O)N[C@H](C(=O)NC1CC(C)CCC1C(C)C)[C@@H](C)CC. The van der Waals surface area contributed by atoms with E-state index in [9.17, 15) is 9.59 Å². The zero-order valence-corrected chi connectivity index (χ0v) is 16.3. The van der Waals surface area contributed by atoms with Crippen LogP contribution < -0.4 is 10.6 Å². The average molecular weight is 337 g/mol. The van der Waals surface area contributed by atoms with Crippen molar-refractivity contribution in [3.05, 3.63) is 12.2 Å². The van der Waals surface area contributed by atoms with Crippen molar-refractivity contribution in [2.45, 2.75) is 79.3 Å². The molecule has 1 fully saturated rings. The Morgan fingerprint density at radius 3 is 2.33 bits per heavy atom. The molecule has 0 aromatic rings. The van der Waals surface area contributed by atoms with Crippen LogP contribution in [0.3, 0.4) is 0 Å². The van der Waals surface area contributed by atoms with Crippen LogP contribution in [0.1, 0.15) is 67.2 Å². The quantitative estimate of drug-likeness (QED) is 0.697. The normalized spacial score (nSPS) is 26.5. The van der Waals surface area contributed by atoms with Crippen LogP contribution in [0.25, 0.3) is 0 Å². The molecule has 138 valence electrons. The number of rotatable bonds is 7. The highest BCUT2D eigenvalue weighted by Gasteiger charge is 2.34. The van der Waals surface area contributed by atoms with Gasteiger partial charge in [0.25, 0.3) is 0 Å². The van der Waals surface area contributed by atoms with Crippen LogP contribution in [-0.4, -0.2) is 23.9 Å². The second-order valence-electron chi connectivity index (χ2n) is 8.06.